The average molecular weight is 426 g/mol. The van der Waals surface area contributed by atoms with E-state index in [0.29, 0.717) is 23.1 Å². The maximum absolute atomic E-state index is 12.9. The fraction of sp³-hybridized carbons (Fsp3) is 0.333. The number of carbonyl (C=O) groups excluding carboxylic acids is 1. The minimum atomic E-state index is -1.40. The summed E-state index contributed by atoms with van der Waals surface area (Å²) in [6.45, 7) is 3.88. The summed E-state index contributed by atoms with van der Waals surface area (Å²) in [4.78, 5) is 25.4. The lowest BCUT2D eigenvalue weighted by Crippen LogP contribution is -2.44. The van der Waals surface area contributed by atoms with E-state index in [1.54, 1.807) is 28.8 Å². The predicted octanol–water partition coefficient (Wildman–Crippen LogP) is 3.23. The van der Waals surface area contributed by atoms with Crippen molar-refractivity contribution in [3.63, 3.8) is 0 Å². The molecule has 30 heavy (non-hydrogen) atoms. The highest BCUT2D eigenvalue weighted by atomic mass is 35.5. The van der Waals surface area contributed by atoms with Crippen LogP contribution in [0.5, 0.6) is 0 Å². The molecule has 8 nitrogen and oxygen atoms in total. The molecular formula is C21H20ClN5O3. The second-order valence-corrected chi connectivity index (χ2v) is 7.47. The molecule has 9 heteroatoms. The third-order valence-electron chi connectivity index (χ3n) is 5.45. The first-order valence-electron chi connectivity index (χ1n) is 9.48. The average Bonchev–Trinajstić information content (AvgIpc) is 3.28. The molecule has 3 aromatic rings. The number of fused-ring (bicyclic) bond motifs is 1. The number of nitrogens with two attached hydrogens (primary N) is 1. The second kappa shape index (κ2) is 7.59. The fourth-order valence-electron chi connectivity index (χ4n) is 3.84. The van der Waals surface area contributed by atoms with Gasteiger partial charge in [-0.1, -0.05) is 49.6 Å². The molecule has 4 atom stereocenters. The van der Waals surface area contributed by atoms with Crippen LogP contribution in [0.2, 0.25) is 5.15 Å². The molecule has 0 radical (unpaired) electrons. The van der Waals surface area contributed by atoms with Gasteiger partial charge in [0.25, 0.3) is 0 Å². The molecule has 1 aliphatic heterocycles. The Bertz CT molecular complexity index is 1140. The van der Waals surface area contributed by atoms with Crippen molar-refractivity contribution in [3.05, 3.63) is 47.4 Å². The number of imidazole rings is 1. The molecule has 0 bridgehead atoms. The highest BCUT2D eigenvalue weighted by Gasteiger charge is 2.57. The maximum Gasteiger partial charge on any atom is 0.339 e. The summed E-state index contributed by atoms with van der Waals surface area (Å²) in [6.07, 6.45) is 7.02. The van der Waals surface area contributed by atoms with Gasteiger partial charge >= 0.3 is 5.97 Å². The summed E-state index contributed by atoms with van der Waals surface area (Å²) >= 11 is 6.16. The first-order valence-corrected chi connectivity index (χ1v) is 9.86. The molecule has 1 saturated heterocycles. The van der Waals surface area contributed by atoms with Gasteiger partial charge in [0, 0.05) is 5.92 Å². The number of esters is 1. The second-order valence-electron chi connectivity index (χ2n) is 7.11. The lowest BCUT2D eigenvalue weighted by atomic mass is 9.85. The van der Waals surface area contributed by atoms with Crippen LogP contribution in [0.1, 0.15) is 36.9 Å². The monoisotopic (exact) mass is 425 g/mol. The number of hydrogen-bond donors (Lipinski definition) is 1. The smallest absolute Gasteiger partial charge is 0.339 e. The molecule has 2 aromatic heterocycles. The molecule has 0 spiro atoms. The van der Waals surface area contributed by atoms with Crippen molar-refractivity contribution in [2.45, 2.75) is 38.2 Å². The number of terminal acetylenes is 1. The van der Waals surface area contributed by atoms with Crippen LogP contribution < -0.4 is 5.73 Å². The SMILES string of the molecule is C#C[C@@]1(OC(=O)c2ccccc2)[C@H](C)[C@@H](CC)O[C@@H]1n1cnc2c(Cl)nc(N)nc21. The van der Waals surface area contributed by atoms with Gasteiger partial charge in [-0.3, -0.25) is 4.57 Å². The van der Waals surface area contributed by atoms with Crippen molar-refractivity contribution < 1.29 is 14.3 Å². The fourth-order valence-corrected chi connectivity index (χ4v) is 4.06. The van der Waals surface area contributed by atoms with Gasteiger partial charge in [-0.25, -0.2) is 9.78 Å². The topological polar surface area (TPSA) is 105 Å². The van der Waals surface area contributed by atoms with Crippen LogP contribution >= 0.6 is 11.6 Å². The summed E-state index contributed by atoms with van der Waals surface area (Å²) in [5.74, 6) is 1.85. The lowest BCUT2D eigenvalue weighted by molar-refractivity contribution is -0.0754. The third kappa shape index (κ3) is 3.07. The van der Waals surface area contributed by atoms with E-state index in [0.717, 1.165) is 0 Å². The summed E-state index contributed by atoms with van der Waals surface area (Å²) in [5.41, 5.74) is 5.46. The summed E-state index contributed by atoms with van der Waals surface area (Å²) < 4.78 is 13.8. The number of rotatable bonds is 4. The van der Waals surface area contributed by atoms with Gasteiger partial charge in [-0.05, 0) is 18.6 Å². The van der Waals surface area contributed by atoms with Crippen LogP contribution in [0.15, 0.2) is 36.7 Å². The van der Waals surface area contributed by atoms with E-state index in [2.05, 4.69) is 20.9 Å². The zero-order valence-electron chi connectivity index (χ0n) is 16.4. The number of anilines is 1. The first kappa shape index (κ1) is 20.1. The standard InChI is InChI=1S/C21H20ClN5O3/c1-4-14-12(3)21(5-2,30-18(28)13-9-7-6-8-10-13)19(29-14)27-11-24-15-16(22)25-20(23)26-17(15)27/h2,6-12,14,19H,4H2,1,3H3,(H2,23,25,26)/t12-,14-,19+,21-/m1/s1. The molecule has 0 unspecified atom stereocenters. The molecular weight excluding hydrogens is 406 g/mol. The van der Waals surface area contributed by atoms with E-state index in [1.165, 1.54) is 6.33 Å². The van der Waals surface area contributed by atoms with Crippen molar-refractivity contribution >= 4 is 34.7 Å². The van der Waals surface area contributed by atoms with Gasteiger partial charge in [-0.15, -0.1) is 6.42 Å². The number of carbonyl (C=O) groups is 1. The molecule has 1 aliphatic rings. The molecule has 2 N–H and O–H groups in total. The Hall–Kier alpha value is -3.15. The molecule has 0 amide bonds. The minimum absolute atomic E-state index is 0.0140. The van der Waals surface area contributed by atoms with Crippen LogP contribution in [-0.2, 0) is 9.47 Å². The van der Waals surface area contributed by atoms with Crippen LogP contribution in [0.3, 0.4) is 0 Å². The Labute approximate surface area is 178 Å². The lowest BCUT2D eigenvalue weighted by Gasteiger charge is -2.32. The van der Waals surface area contributed by atoms with Crippen LogP contribution in [0.25, 0.3) is 11.2 Å². The molecule has 4 rings (SSSR count). The molecule has 3 heterocycles. The van der Waals surface area contributed by atoms with E-state index in [1.807, 2.05) is 19.9 Å². The number of nitrogens with zero attached hydrogens (tertiary/aromatic N) is 4. The first-order chi connectivity index (χ1) is 14.4. The van der Waals surface area contributed by atoms with Crippen LogP contribution in [-0.4, -0.2) is 37.2 Å². The van der Waals surface area contributed by atoms with Crippen molar-refractivity contribution in [1.82, 2.24) is 19.5 Å². The number of benzene rings is 1. The Morgan fingerprint density at radius 2 is 2.13 bits per heavy atom. The third-order valence-corrected chi connectivity index (χ3v) is 5.72. The molecule has 154 valence electrons. The van der Waals surface area contributed by atoms with Gasteiger partial charge in [0.2, 0.25) is 11.5 Å². The minimum Gasteiger partial charge on any atom is -0.437 e. The van der Waals surface area contributed by atoms with Crippen molar-refractivity contribution in [2.24, 2.45) is 5.92 Å². The van der Waals surface area contributed by atoms with Crippen molar-refractivity contribution in [3.8, 4) is 12.3 Å². The number of nitrogen functional groups attached to an aromatic ring is 1. The Morgan fingerprint density at radius 1 is 1.40 bits per heavy atom. The number of aromatic nitrogens is 4. The van der Waals surface area contributed by atoms with Crippen LogP contribution in [0.4, 0.5) is 5.95 Å². The quantitative estimate of drug-likeness (QED) is 0.388. The Balaban J connectivity index is 1.83. The van der Waals surface area contributed by atoms with Gasteiger partial charge in [0.15, 0.2) is 17.0 Å². The van der Waals surface area contributed by atoms with Gasteiger partial charge in [0.05, 0.1) is 18.0 Å². The van der Waals surface area contributed by atoms with E-state index in [4.69, 9.17) is 33.2 Å². The van der Waals surface area contributed by atoms with Gasteiger partial charge < -0.3 is 15.2 Å². The van der Waals surface area contributed by atoms with E-state index >= 15 is 0 Å². The molecule has 1 aromatic carbocycles. The largest absolute Gasteiger partial charge is 0.437 e. The van der Waals surface area contributed by atoms with Crippen molar-refractivity contribution in [2.75, 3.05) is 5.73 Å². The zero-order chi connectivity index (χ0) is 21.5. The molecule has 1 fully saturated rings. The summed E-state index contributed by atoms with van der Waals surface area (Å²) in [7, 11) is 0. The van der Waals surface area contributed by atoms with E-state index in [9.17, 15) is 4.79 Å². The van der Waals surface area contributed by atoms with Gasteiger partial charge in [-0.2, -0.15) is 9.97 Å². The molecule has 0 aliphatic carbocycles. The highest BCUT2D eigenvalue weighted by molar-refractivity contribution is 6.33. The highest BCUT2D eigenvalue weighted by Crippen LogP contribution is 2.47. The predicted molar refractivity (Wildman–Crippen MR) is 112 cm³/mol. The number of hydrogen-bond acceptors (Lipinski definition) is 7. The Kier molecular flexibility index (Phi) is 5.10. The maximum atomic E-state index is 12.9. The summed E-state index contributed by atoms with van der Waals surface area (Å²) in [5, 5.41) is 0.113. The normalized spacial score (nSPS) is 25.9. The zero-order valence-corrected chi connectivity index (χ0v) is 17.2. The summed E-state index contributed by atoms with van der Waals surface area (Å²) in [6, 6.07) is 8.66. The van der Waals surface area contributed by atoms with Crippen molar-refractivity contribution in [1.29, 1.82) is 0 Å². The number of halogens is 1. The van der Waals surface area contributed by atoms with E-state index < -0.39 is 17.8 Å². The number of ether oxygens (including phenoxy) is 2. The Morgan fingerprint density at radius 3 is 2.80 bits per heavy atom. The molecule has 0 saturated carbocycles. The van der Waals surface area contributed by atoms with E-state index in [-0.39, 0.29) is 23.1 Å². The van der Waals surface area contributed by atoms with Crippen LogP contribution in [0, 0.1) is 18.3 Å². The van der Waals surface area contributed by atoms with Gasteiger partial charge in [0.1, 0.15) is 5.52 Å².